The number of hydrogen-bond donors (Lipinski definition) is 0. The van der Waals surface area contributed by atoms with Gasteiger partial charge in [-0.25, -0.2) is 0 Å². The van der Waals surface area contributed by atoms with Crippen molar-refractivity contribution in [3.05, 3.63) is 12.2 Å². The molecule has 1 aliphatic rings. The summed E-state index contributed by atoms with van der Waals surface area (Å²) in [7, 11) is -1.92. The van der Waals surface area contributed by atoms with E-state index in [1.165, 1.54) is 0 Å². The third kappa shape index (κ3) is 6.05. The molecule has 0 spiro atoms. The maximum absolute atomic E-state index is 12.0. The molecule has 1 aliphatic heterocycles. The highest BCUT2D eigenvalue weighted by Crippen LogP contribution is 2.37. The van der Waals surface area contributed by atoms with E-state index in [-0.39, 0.29) is 23.3 Å². The van der Waals surface area contributed by atoms with Crippen LogP contribution >= 0.6 is 0 Å². The Bertz CT molecular complexity index is 459. The van der Waals surface area contributed by atoms with Crippen LogP contribution < -0.4 is 0 Å². The summed E-state index contributed by atoms with van der Waals surface area (Å²) in [4.78, 5) is 12.0. The minimum atomic E-state index is -1.92. The van der Waals surface area contributed by atoms with Crippen LogP contribution in [0.1, 0.15) is 34.1 Å². The van der Waals surface area contributed by atoms with Crippen molar-refractivity contribution in [1.29, 1.82) is 0 Å². The van der Waals surface area contributed by atoms with Gasteiger partial charge < -0.3 is 13.9 Å². The van der Waals surface area contributed by atoms with E-state index in [4.69, 9.17) is 13.9 Å². The van der Waals surface area contributed by atoms with E-state index < -0.39 is 14.6 Å². The number of rotatable bonds is 5. The van der Waals surface area contributed by atoms with Gasteiger partial charge in [0.25, 0.3) is 0 Å². The van der Waals surface area contributed by atoms with Crippen molar-refractivity contribution < 1.29 is 18.7 Å². The Morgan fingerprint density at radius 1 is 1.36 bits per heavy atom. The monoisotopic (exact) mass is 324 g/mol. The van der Waals surface area contributed by atoms with Gasteiger partial charge >= 0.3 is 0 Å². The molecule has 0 saturated carbocycles. The first-order valence-electron chi connectivity index (χ1n) is 7.74. The zero-order chi connectivity index (χ0) is 16.8. The summed E-state index contributed by atoms with van der Waals surface area (Å²) in [6.07, 6.45) is 3.32. The normalized spacial score (nSPS) is 18.3. The quantitative estimate of drug-likeness (QED) is 0.337. The zero-order valence-electron chi connectivity index (χ0n) is 14.6. The number of allylic oxidation sites excluding steroid dienone is 1. The molecular formula is C17H28O4Si. The van der Waals surface area contributed by atoms with Crippen molar-refractivity contribution >= 4 is 14.1 Å². The summed E-state index contributed by atoms with van der Waals surface area (Å²) in [5.41, 5.74) is 0. The van der Waals surface area contributed by atoms with Gasteiger partial charge in [-0.1, -0.05) is 32.9 Å². The Morgan fingerprint density at radius 2 is 1.95 bits per heavy atom. The molecule has 1 heterocycles. The second kappa shape index (κ2) is 8.07. The molecule has 0 unspecified atom stereocenters. The molecule has 0 bridgehead atoms. The molecule has 22 heavy (non-hydrogen) atoms. The zero-order valence-corrected chi connectivity index (χ0v) is 15.6. The van der Waals surface area contributed by atoms with Gasteiger partial charge in [-0.15, -0.1) is 0 Å². The molecule has 1 fully saturated rings. The second-order valence-electron chi connectivity index (χ2n) is 6.91. The molecule has 1 rings (SSSR count). The van der Waals surface area contributed by atoms with Gasteiger partial charge in [0.05, 0.1) is 19.3 Å². The van der Waals surface area contributed by atoms with Crippen molar-refractivity contribution in [2.24, 2.45) is 0 Å². The largest absolute Gasteiger partial charge is 0.410 e. The van der Waals surface area contributed by atoms with Crippen molar-refractivity contribution in [1.82, 2.24) is 0 Å². The predicted molar refractivity (Wildman–Crippen MR) is 90.0 cm³/mol. The van der Waals surface area contributed by atoms with E-state index >= 15 is 0 Å². The highest BCUT2D eigenvalue weighted by molar-refractivity contribution is 6.74. The molecule has 0 radical (unpaired) electrons. The van der Waals surface area contributed by atoms with Crippen molar-refractivity contribution in [3.63, 3.8) is 0 Å². The molecule has 0 aromatic rings. The molecule has 0 N–H and O–H groups in total. The molecular weight excluding hydrogens is 296 g/mol. The predicted octanol–water partition coefficient (Wildman–Crippen LogP) is 3.29. The average molecular weight is 324 g/mol. The first kappa shape index (κ1) is 19.1. The van der Waals surface area contributed by atoms with E-state index in [2.05, 4.69) is 45.7 Å². The second-order valence-corrected chi connectivity index (χ2v) is 11.7. The smallest absolute Gasteiger partial charge is 0.223 e. The Balaban J connectivity index is 2.65. The van der Waals surface area contributed by atoms with Crippen LogP contribution in [-0.2, 0) is 18.7 Å². The number of ether oxygens (including phenoxy) is 2. The van der Waals surface area contributed by atoms with Gasteiger partial charge in [0.1, 0.15) is 0 Å². The average Bonchev–Trinajstić information content (AvgIpc) is 2.87. The van der Waals surface area contributed by atoms with Crippen LogP contribution in [0, 0.1) is 11.8 Å². The standard InChI is InChI=1S/C17H28O4Si/c1-7-8-15(21-22(5,6)17(2,3)4)13-14(18)9-10-16-19-11-12-20-16/h7-8,15-16H,11-13H2,1-6H3/b8-7+/t15-/m0/s1. The number of carbonyl (C=O) groups excluding carboxylic acids is 1. The fraction of sp³-hybridized carbons (Fsp3) is 0.706. The molecule has 4 nitrogen and oxygen atoms in total. The molecule has 0 aromatic carbocycles. The summed E-state index contributed by atoms with van der Waals surface area (Å²) in [6, 6.07) is 0. The van der Waals surface area contributed by atoms with Crippen LogP contribution in [0.4, 0.5) is 0 Å². The number of carbonyl (C=O) groups is 1. The van der Waals surface area contributed by atoms with Crippen molar-refractivity contribution in [2.45, 2.75) is 64.6 Å². The van der Waals surface area contributed by atoms with Crippen LogP contribution in [-0.4, -0.2) is 39.7 Å². The van der Waals surface area contributed by atoms with E-state index in [0.717, 1.165) is 0 Å². The Hall–Kier alpha value is -0.933. The van der Waals surface area contributed by atoms with E-state index in [9.17, 15) is 4.79 Å². The first-order chi connectivity index (χ1) is 10.2. The number of ketones is 1. The lowest BCUT2D eigenvalue weighted by atomic mass is 10.2. The van der Waals surface area contributed by atoms with Gasteiger partial charge in [0.2, 0.25) is 12.1 Å². The Morgan fingerprint density at radius 3 is 2.45 bits per heavy atom. The fourth-order valence-corrected chi connectivity index (χ4v) is 3.01. The maximum atomic E-state index is 12.0. The SMILES string of the molecule is C/C=C/[C@@H](CC(=O)C#CC1OCCO1)O[Si](C)(C)C(C)(C)C. The molecule has 124 valence electrons. The molecule has 0 aliphatic carbocycles. The van der Waals surface area contributed by atoms with Crippen LogP contribution in [0.3, 0.4) is 0 Å². The van der Waals surface area contributed by atoms with E-state index in [1.807, 2.05) is 19.1 Å². The third-order valence-corrected chi connectivity index (χ3v) is 8.50. The number of Topliss-reactive ketones (excluding diaryl/α,β-unsaturated/α-hetero) is 1. The van der Waals surface area contributed by atoms with E-state index in [0.29, 0.717) is 13.2 Å². The maximum Gasteiger partial charge on any atom is 0.223 e. The van der Waals surface area contributed by atoms with Gasteiger partial charge in [-0.2, -0.15) is 0 Å². The van der Waals surface area contributed by atoms with Crippen molar-refractivity contribution in [3.8, 4) is 11.8 Å². The van der Waals surface area contributed by atoms with Gasteiger partial charge in [0.15, 0.2) is 8.32 Å². The third-order valence-electron chi connectivity index (χ3n) is 4.00. The summed E-state index contributed by atoms with van der Waals surface area (Å²) in [5, 5.41) is 0.104. The summed E-state index contributed by atoms with van der Waals surface area (Å²) >= 11 is 0. The van der Waals surface area contributed by atoms with Gasteiger partial charge in [-0.3, -0.25) is 4.79 Å². The van der Waals surface area contributed by atoms with Gasteiger partial charge in [0, 0.05) is 6.42 Å². The van der Waals surface area contributed by atoms with Crippen LogP contribution in [0.2, 0.25) is 18.1 Å². The minimum absolute atomic E-state index is 0.104. The highest BCUT2D eigenvalue weighted by atomic mass is 28.4. The fourth-order valence-electron chi connectivity index (χ4n) is 1.73. The lowest BCUT2D eigenvalue weighted by Crippen LogP contribution is -2.43. The number of hydrogen-bond acceptors (Lipinski definition) is 4. The lowest BCUT2D eigenvalue weighted by molar-refractivity contribution is -0.115. The van der Waals surface area contributed by atoms with Crippen molar-refractivity contribution in [2.75, 3.05) is 13.2 Å². The topological polar surface area (TPSA) is 44.8 Å². The molecule has 5 heteroatoms. The summed E-state index contributed by atoms with van der Waals surface area (Å²) < 4.78 is 16.7. The lowest BCUT2D eigenvalue weighted by Gasteiger charge is -2.38. The molecule has 1 saturated heterocycles. The van der Waals surface area contributed by atoms with E-state index in [1.54, 1.807) is 0 Å². The van der Waals surface area contributed by atoms with Gasteiger partial charge in [-0.05, 0) is 36.9 Å². The summed E-state index contributed by atoms with van der Waals surface area (Å²) in [5.74, 6) is 5.16. The summed E-state index contributed by atoms with van der Waals surface area (Å²) in [6.45, 7) is 13.9. The minimum Gasteiger partial charge on any atom is -0.410 e. The molecule has 0 aromatic heterocycles. The van der Waals surface area contributed by atoms with Crippen LogP contribution in [0.15, 0.2) is 12.2 Å². The Kier molecular flexibility index (Phi) is 7.01. The molecule has 0 amide bonds. The first-order valence-corrected chi connectivity index (χ1v) is 10.6. The molecule has 1 atom stereocenters. The van der Waals surface area contributed by atoms with Crippen LogP contribution in [0.5, 0.6) is 0 Å². The van der Waals surface area contributed by atoms with Crippen LogP contribution in [0.25, 0.3) is 0 Å². The highest BCUT2D eigenvalue weighted by Gasteiger charge is 2.38. The Labute approximate surface area is 135 Å².